The molecule has 2 amide bonds. The van der Waals surface area contributed by atoms with Crippen LogP contribution in [-0.2, 0) is 19.4 Å². The third kappa shape index (κ3) is 6.17. The van der Waals surface area contributed by atoms with E-state index in [0.29, 0.717) is 36.9 Å². The van der Waals surface area contributed by atoms with Crippen LogP contribution < -0.4 is 5.32 Å². The van der Waals surface area contributed by atoms with E-state index in [0.717, 1.165) is 64.6 Å². The molecule has 154 valence electrons. The van der Waals surface area contributed by atoms with E-state index in [1.54, 1.807) is 0 Å². The number of hydrogen-bond acceptors (Lipinski definition) is 5. The zero-order chi connectivity index (χ0) is 19.3. The van der Waals surface area contributed by atoms with E-state index in [-0.39, 0.29) is 17.9 Å². The number of nitrogens with zero attached hydrogens (tertiary/aromatic N) is 2. The summed E-state index contributed by atoms with van der Waals surface area (Å²) in [5.41, 5.74) is 0. The van der Waals surface area contributed by atoms with Gasteiger partial charge in [-0.3, -0.25) is 9.59 Å². The molecular formula is C19H33N3O4S. The molecule has 0 atom stereocenters. The van der Waals surface area contributed by atoms with Gasteiger partial charge in [0.15, 0.2) is 0 Å². The van der Waals surface area contributed by atoms with Crippen molar-refractivity contribution < 1.29 is 18.0 Å². The molecule has 8 heteroatoms. The van der Waals surface area contributed by atoms with E-state index >= 15 is 0 Å². The largest absolute Gasteiger partial charge is 0.353 e. The molecule has 3 saturated heterocycles. The maximum Gasteiger partial charge on any atom is 0.222 e. The average molecular weight is 400 g/mol. The van der Waals surface area contributed by atoms with Gasteiger partial charge in [0, 0.05) is 51.1 Å². The summed E-state index contributed by atoms with van der Waals surface area (Å²) in [6.07, 6.45) is 7.27. The van der Waals surface area contributed by atoms with E-state index in [1.165, 1.54) is 0 Å². The topological polar surface area (TPSA) is 86.8 Å². The van der Waals surface area contributed by atoms with Crippen LogP contribution >= 0.6 is 0 Å². The second kappa shape index (κ2) is 9.37. The third-order valence-electron chi connectivity index (χ3n) is 6.19. The molecule has 0 aromatic carbocycles. The molecule has 0 aromatic heterocycles. The Labute approximate surface area is 162 Å². The monoisotopic (exact) mass is 399 g/mol. The maximum absolute atomic E-state index is 12.2. The van der Waals surface area contributed by atoms with Crippen molar-refractivity contribution in [3.63, 3.8) is 0 Å². The molecule has 3 aliphatic heterocycles. The highest BCUT2D eigenvalue weighted by molar-refractivity contribution is 7.91. The van der Waals surface area contributed by atoms with Crippen molar-refractivity contribution in [3.8, 4) is 0 Å². The van der Waals surface area contributed by atoms with Crippen molar-refractivity contribution in [2.75, 3.05) is 37.7 Å². The fourth-order valence-corrected chi connectivity index (χ4v) is 5.95. The first kappa shape index (κ1) is 20.6. The Morgan fingerprint density at radius 1 is 1.04 bits per heavy atom. The van der Waals surface area contributed by atoms with Gasteiger partial charge in [0.25, 0.3) is 0 Å². The highest BCUT2D eigenvalue weighted by Crippen LogP contribution is 2.22. The lowest BCUT2D eigenvalue weighted by atomic mass is 10.0. The second-order valence-electron chi connectivity index (χ2n) is 8.20. The molecule has 0 unspecified atom stereocenters. The molecule has 0 aliphatic carbocycles. The number of piperidine rings is 2. The first-order valence-corrected chi connectivity index (χ1v) is 12.3. The maximum atomic E-state index is 12.2. The third-order valence-corrected chi connectivity index (χ3v) is 7.90. The van der Waals surface area contributed by atoms with Crippen LogP contribution in [0.25, 0.3) is 0 Å². The zero-order valence-electron chi connectivity index (χ0n) is 16.2. The molecule has 3 fully saturated rings. The molecule has 0 radical (unpaired) electrons. The number of likely N-dealkylation sites (tertiary alicyclic amines) is 2. The minimum Gasteiger partial charge on any atom is -0.353 e. The number of carbonyl (C=O) groups is 2. The van der Waals surface area contributed by atoms with Crippen LogP contribution in [0.2, 0.25) is 0 Å². The summed E-state index contributed by atoms with van der Waals surface area (Å²) < 4.78 is 23.1. The number of nitrogens with one attached hydrogen (secondary N) is 1. The molecule has 3 rings (SSSR count). The van der Waals surface area contributed by atoms with Gasteiger partial charge in [-0.05, 0) is 44.9 Å². The Morgan fingerprint density at radius 2 is 1.74 bits per heavy atom. The lowest BCUT2D eigenvalue weighted by Crippen LogP contribution is -2.49. The van der Waals surface area contributed by atoms with Gasteiger partial charge in [0.05, 0.1) is 11.5 Å². The molecule has 27 heavy (non-hydrogen) atoms. The summed E-state index contributed by atoms with van der Waals surface area (Å²) in [5.74, 6) is 0.938. The fraction of sp³-hybridized carbons (Fsp3) is 0.895. The molecule has 1 N–H and O–H groups in total. The summed E-state index contributed by atoms with van der Waals surface area (Å²) in [7, 11) is -2.81. The molecule has 7 nitrogen and oxygen atoms in total. The van der Waals surface area contributed by atoms with Gasteiger partial charge in [0.1, 0.15) is 9.84 Å². The van der Waals surface area contributed by atoms with E-state index in [4.69, 9.17) is 0 Å². The van der Waals surface area contributed by atoms with Gasteiger partial charge in [-0.25, -0.2) is 8.42 Å². The standard InChI is InChI=1S/C19H33N3O4S/c23-18(4-3-11-22-10-2-1-5-19(22)24)20-16-6-12-21(13-7-16)17-8-14-27(25,26)15-9-17/h16-17H,1-15H2,(H,20,23). The van der Waals surface area contributed by atoms with E-state index in [2.05, 4.69) is 10.2 Å². The highest BCUT2D eigenvalue weighted by atomic mass is 32.2. The summed E-state index contributed by atoms with van der Waals surface area (Å²) in [4.78, 5) is 28.3. The highest BCUT2D eigenvalue weighted by Gasteiger charge is 2.30. The summed E-state index contributed by atoms with van der Waals surface area (Å²) in [5, 5.41) is 3.14. The van der Waals surface area contributed by atoms with Crippen LogP contribution in [0.15, 0.2) is 0 Å². The van der Waals surface area contributed by atoms with Crippen molar-refractivity contribution in [2.45, 2.75) is 69.9 Å². The number of hydrogen-bond donors (Lipinski definition) is 1. The Hall–Kier alpha value is -1.15. The first-order valence-electron chi connectivity index (χ1n) is 10.4. The Bertz CT molecular complexity index is 615. The Morgan fingerprint density at radius 3 is 2.41 bits per heavy atom. The number of sulfone groups is 1. The molecular weight excluding hydrogens is 366 g/mol. The first-order chi connectivity index (χ1) is 12.9. The van der Waals surface area contributed by atoms with Crippen molar-refractivity contribution in [1.82, 2.24) is 15.1 Å². The molecule has 0 aromatic rings. The van der Waals surface area contributed by atoms with Crippen molar-refractivity contribution in [2.24, 2.45) is 0 Å². The zero-order valence-corrected chi connectivity index (χ0v) is 17.0. The minimum absolute atomic E-state index is 0.0849. The van der Waals surface area contributed by atoms with E-state index in [9.17, 15) is 18.0 Å². The predicted octanol–water partition coefficient (Wildman–Crippen LogP) is 0.937. The van der Waals surface area contributed by atoms with Crippen molar-refractivity contribution in [1.29, 1.82) is 0 Å². The summed E-state index contributed by atoms with van der Waals surface area (Å²) in [6, 6.07) is 0.602. The molecule has 0 saturated carbocycles. The molecule has 3 heterocycles. The van der Waals surface area contributed by atoms with Crippen LogP contribution in [-0.4, -0.2) is 79.8 Å². The van der Waals surface area contributed by atoms with Gasteiger partial charge in [0.2, 0.25) is 11.8 Å². The number of amides is 2. The van der Waals surface area contributed by atoms with Crippen LogP contribution in [0, 0.1) is 0 Å². The number of carbonyl (C=O) groups excluding carboxylic acids is 2. The fourth-order valence-electron chi connectivity index (χ4n) is 4.48. The van der Waals surface area contributed by atoms with E-state index in [1.807, 2.05) is 4.90 Å². The van der Waals surface area contributed by atoms with E-state index < -0.39 is 9.84 Å². The Balaban J connectivity index is 1.30. The smallest absolute Gasteiger partial charge is 0.222 e. The van der Waals surface area contributed by atoms with Crippen LogP contribution in [0.1, 0.15) is 57.8 Å². The van der Waals surface area contributed by atoms with Gasteiger partial charge in [-0.1, -0.05) is 0 Å². The normalized spacial score (nSPS) is 25.5. The lowest BCUT2D eigenvalue weighted by molar-refractivity contribution is -0.133. The summed E-state index contributed by atoms with van der Waals surface area (Å²) in [6.45, 7) is 3.38. The van der Waals surface area contributed by atoms with Crippen LogP contribution in [0.3, 0.4) is 0 Å². The quantitative estimate of drug-likeness (QED) is 0.718. The van der Waals surface area contributed by atoms with Gasteiger partial charge >= 0.3 is 0 Å². The number of rotatable bonds is 6. The van der Waals surface area contributed by atoms with Crippen LogP contribution in [0.4, 0.5) is 0 Å². The van der Waals surface area contributed by atoms with Crippen LogP contribution in [0.5, 0.6) is 0 Å². The minimum atomic E-state index is -2.81. The van der Waals surface area contributed by atoms with Gasteiger partial charge in [-0.15, -0.1) is 0 Å². The molecule has 0 bridgehead atoms. The molecule has 0 spiro atoms. The van der Waals surface area contributed by atoms with Crippen molar-refractivity contribution in [3.05, 3.63) is 0 Å². The second-order valence-corrected chi connectivity index (χ2v) is 10.5. The Kier molecular flexibility index (Phi) is 7.14. The SMILES string of the molecule is O=C(CCCN1CCCCC1=O)NC1CCN(C2CCS(=O)(=O)CC2)CC1. The lowest BCUT2D eigenvalue weighted by Gasteiger charge is -2.39. The van der Waals surface area contributed by atoms with Gasteiger partial charge in [-0.2, -0.15) is 0 Å². The predicted molar refractivity (Wildman–Crippen MR) is 104 cm³/mol. The summed E-state index contributed by atoms with van der Waals surface area (Å²) >= 11 is 0. The van der Waals surface area contributed by atoms with Gasteiger partial charge < -0.3 is 15.1 Å². The average Bonchev–Trinajstić information content (AvgIpc) is 2.64. The molecule has 3 aliphatic rings. The van der Waals surface area contributed by atoms with Crippen molar-refractivity contribution >= 4 is 21.7 Å².